The number of hydrogen-bond donors (Lipinski definition) is 1. The zero-order valence-electron chi connectivity index (χ0n) is 14.1. The summed E-state index contributed by atoms with van der Waals surface area (Å²) < 4.78 is 41.9. The molecule has 2 aromatic heterocycles. The Balaban J connectivity index is 2.38. The quantitative estimate of drug-likeness (QED) is 0.687. The van der Waals surface area contributed by atoms with Crippen LogP contribution in [0.5, 0.6) is 0 Å². The van der Waals surface area contributed by atoms with Crippen molar-refractivity contribution in [3.63, 3.8) is 0 Å². The summed E-state index contributed by atoms with van der Waals surface area (Å²) in [4.78, 5) is 4.17. The molecule has 1 aromatic carbocycles. The summed E-state index contributed by atoms with van der Waals surface area (Å²) in [6.07, 6.45) is -4.50. The van der Waals surface area contributed by atoms with Crippen LogP contribution in [0.4, 0.5) is 19.0 Å². The lowest BCUT2D eigenvalue weighted by Crippen LogP contribution is -2.08. The number of fused-ring (bicyclic) bond motifs is 1. The lowest BCUT2D eigenvalue weighted by molar-refractivity contribution is -0.136. The van der Waals surface area contributed by atoms with Gasteiger partial charge >= 0.3 is 6.18 Å². The highest BCUT2D eigenvalue weighted by Crippen LogP contribution is 2.39. The van der Waals surface area contributed by atoms with Crippen LogP contribution in [0.25, 0.3) is 16.7 Å². The van der Waals surface area contributed by atoms with Crippen LogP contribution in [0, 0.1) is 20.8 Å². The van der Waals surface area contributed by atoms with Crippen molar-refractivity contribution in [1.82, 2.24) is 14.8 Å². The molecule has 0 amide bonds. The Hall–Kier alpha value is -2.28. The molecule has 0 bridgehead atoms. The molecular weight excluding hydrogens is 353 g/mol. The third-order valence-corrected chi connectivity index (χ3v) is 4.58. The molecule has 0 radical (unpaired) electrons. The molecule has 3 rings (SSSR count). The van der Waals surface area contributed by atoms with E-state index in [1.165, 1.54) is 11.6 Å². The summed E-state index contributed by atoms with van der Waals surface area (Å²) in [5.74, 6) is 0.232. The lowest BCUT2D eigenvalue weighted by Gasteiger charge is -2.12. The van der Waals surface area contributed by atoms with Gasteiger partial charge in [-0.1, -0.05) is 11.6 Å². The molecule has 0 spiro atoms. The first-order chi connectivity index (χ1) is 11.6. The Morgan fingerprint density at radius 1 is 1.08 bits per heavy atom. The van der Waals surface area contributed by atoms with Crippen LogP contribution in [-0.2, 0) is 6.18 Å². The van der Waals surface area contributed by atoms with Gasteiger partial charge < -0.3 is 5.32 Å². The molecule has 4 nitrogen and oxygen atoms in total. The van der Waals surface area contributed by atoms with Gasteiger partial charge in [0, 0.05) is 17.8 Å². The number of pyridine rings is 1. The van der Waals surface area contributed by atoms with Crippen molar-refractivity contribution >= 4 is 28.5 Å². The molecule has 0 unspecified atom stereocenters. The number of benzene rings is 1. The van der Waals surface area contributed by atoms with Crippen LogP contribution >= 0.6 is 11.6 Å². The van der Waals surface area contributed by atoms with Crippen molar-refractivity contribution in [1.29, 1.82) is 0 Å². The fourth-order valence-electron chi connectivity index (χ4n) is 2.90. The summed E-state index contributed by atoms with van der Waals surface area (Å²) in [6.45, 7) is 5.19. The van der Waals surface area contributed by atoms with Gasteiger partial charge in [0.05, 0.1) is 16.6 Å². The molecule has 0 saturated carbocycles. The van der Waals surface area contributed by atoms with Gasteiger partial charge in [-0.2, -0.15) is 13.2 Å². The highest BCUT2D eigenvalue weighted by atomic mass is 35.5. The standard InChI is InChI=1S/C17H16ClF3N4/c1-8-5-11(6-9(2)14(8)18)25-16(22-4)13-12(17(19,20)21)7-10(3)23-15(13)24-25/h5-7,22H,1-4H3. The van der Waals surface area contributed by atoms with Gasteiger partial charge in [-0.05, 0) is 50.1 Å². The van der Waals surface area contributed by atoms with Gasteiger partial charge in [0.25, 0.3) is 0 Å². The van der Waals surface area contributed by atoms with Gasteiger partial charge in [0.15, 0.2) is 5.65 Å². The third kappa shape index (κ3) is 2.93. The van der Waals surface area contributed by atoms with Crippen molar-refractivity contribution < 1.29 is 13.2 Å². The predicted molar refractivity (Wildman–Crippen MR) is 92.6 cm³/mol. The summed E-state index contributed by atoms with van der Waals surface area (Å²) >= 11 is 6.19. The van der Waals surface area contributed by atoms with Crippen molar-refractivity contribution in [3.8, 4) is 5.69 Å². The first kappa shape index (κ1) is 17.5. The SMILES string of the molecule is CNc1c2c(C(F)(F)F)cc(C)nc2nn1-c1cc(C)c(Cl)c(C)c1. The second-order valence-corrected chi connectivity index (χ2v) is 6.29. The minimum absolute atomic E-state index is 0.0435. The van der Waals surface area contributed by atoms with Crippen molar-refractivity contribution in [2.24, 2.45) is 0 Å². The minimum atomic E-state index is -4.50. The molecule has 0 atom stereocenters. The zero-order chi connectivity index (χ0) is 18.5. The number of nitrogens with zero attached hydrogens (tertiary/aromatic N) is 3. The minimum Gasteiger partial charge on any atom is -0.372 e. The van der Waals surface area contributed by atoms with Gasteiger partial charge in [0.2, 0.25) is 0 Å². The topological polar surface area (TPSA) is 42.7 Å². The fourth-order valence-corrected chi connectivity index (χ4v) is 3.01. The van der Waals surface area contributed by atoms with E-state index >= 15 is 0 Å². The highest BCUT2D eigenvalue weighted by Gasteiger charge is 2.36. The van der Waals surface area contributed by atoms with E-state index in [1.807, 2.05) is 13.8 Å². The molecule has 0 aliphatic rings. The maximum Gasteiger partial charge on any atom is 0.417 e. The van der Waals surface area contributed by atoms with Crippen LogP contribution in [0.1, 0.15) is 22.4 Å². The number of hydrogen-bond acceptors (Lipinski definition) is 3. The zero-order valence-corrected chi connectivity index (χ0v) is 14.8. The number of halogens is 4. The van der Waals surface area contributed by atoms with Crippen molar-refractivity contribution in [3.05, 3.63) is 45.6 Å². The predicted octanol–water partition coefficient (Wildman–Crippen LogP) is 5.06. The number of anilines is 1. The first-order valence-electron chi connectivity index (χ1n) is 7.56. The Labute approximate surface area is 147 Å². The summed E-state index contributed by atoms with van der Waals surface area (Å²) in [6, 6.07) is 4.60. The maximum atomic E-state index is 13.5. The van der Waals surface area contributed by atoms with Crippen LogP contribution in [-0.4, -0.2) is 21.8 Å². The van der Waals surface area contributed by atoms with E-state index in [4.69, 9.17) is 11.6 Å². The van der Waals surface area contributed by atoms with Crippen LogP contribution in [0.2, 0.25) is 5.02 Å². The Morgan fingerprint density at radius 3 is 2.20 bits per heavy atom. The van der Waals surface area contributed by atoms with E-state index < -0.39 is 11.7 Å². The molecule has 0 saturated heterocycles. The highest BCUT2D eigenvalue weighted by molar-refractivity contribution is 6.32. The summed E-state index contributed by atoms with van der Waals surface area (Å²) in [5.41, 5.74) is 1.80. The van der Waals surface area contributed by atoms with Crippen LogP contribution in [0.15, 0.2) is 18.2 Å². The first-order valence-corrected chi connectivity index (χ1v) is 7.93. The number of rotatable bonds is 2. The average molecular weight is 369 g/mol. The van der Waals surface area contributed by atoms with Gasteiger partial charge in [-0.3, -0.25) is 0 Å². The van der Waals surface area contributed by atoms with E-state index in [1.54, 1.807) is 19.2 Å². The van der Waals surface area contributed by atoms with Crippen molar-refractivity contribution in [2.75, 3.05) is 12.4 Å². The van der Waals surface area contributed by atoms with Gasteiger partial charge in [-0.15, -0.1) is 5.10 Å². The molecule has 2 heterocycles. The number of aryl methyl sites for hydroxylation is 3. The second kappa shape index (κ2) is 5.91. The molecule has 132 valence electrons. The Bertz CT molecular complexity index is 953. The molecular formula is C17H16ClF3N4. The second-order valence-electron chi connectivity index (χ2n) is 5.91. The molecule has 0 fully saturated rings. The third-order valence-electron chi connectivity index (χ3n) is 3.98. The normalized spacial score (nSPS) is 12.0. The average Bonchev–Trinajstić information content (AvgIpc) is 2.88. The molecule has 1 N–H and O–H groups in total. The van der Waals surface area contributed by atoms with E-state index in [-0.39, 0.29) is 22.5 Å². The molecule has 0 aliphatic heterocycles. The van der Waals surface area contributed by atoms with Gasteiger partial charge in [0.1, 0.15) is 5.82 Å². The number of nitrogens with one attached hydrogen (secondary N) is 1. The van der Waals surface area contributed by atoms with Gasteiger partial charge in [-0.25, -0.2) is 9.67 Å². The number of aromatic nitrogens is 3. The molecule has 25 heavy (non-hydrogen) atoms. The largest absolute Gasteiger partial charge is 0.417 e. The lowest BCUT2D eigenvalue weighted by atomic mass is 10.1. The molecule has 0 aliphatic carbocycles. The van der Waals surface area contributed by atoms with Crippen LogP contribution in [0.3, 0.4) is 0 Å². The Morgan fingerprint density at radius 2 is 1.68 bits per heavy atom. The number of alkyl halides is 3. The van der Waals surface area contributed by atoms with E-state index in [9.17, 15) is 13.2 Å². The van der Waals surface area contributed by atoms with E-state index in [0.717, 1.165) is 17.2 Å². The fraction of sp³-hybridized carbons (Fsp3) is 0.294. The van der Waals surface area contributed by atoms with E-state index in [0.29, 0.717) is 10.7 Å². The van der Waals surface area contributed by atoms with Crippen molar-refractivity contribution in [2.45, 2.75) is 26.9 Å². The monoisotopic (exact) mass is 368 g/mol. The summed E-state index contributed by atoms with van der Waals surface area (Å²) in [7, 11) is 1.56. The molecule has 3 aromatic rings. The molecule has 8 heteroatoms. The maximum absolute atomic E-state index is 13.5. The summed E-state index contributed by atoms with van der Waals surface area (Å²) in [5, 5.41) is 7.70. The Kier molecular flexibility index (Phi) is 4.15. The van der Waals surface area contributed by atoms with Crippen LogP contribution < -0.4 is 5.32 Å². The smallest absolute Gasteiger partial charge is 0.372 e. The van der Waals surface area contributed by atoms with E-state index in [2.05, 4.69) is 15.4 Å².